The standard InChI is InChI=1S/C22H20F3O4S3.C19H17O2S2.2C17H14O2/c1-15-10-16(22(23,24)25)12-19(11-15)30(17-6-4-8-20(13-17)31(2,26)27)18-7-5-9-21(14-18)32(3,28)29;1-23(20,21)19-14-12-18(13-15-19)22(16-8-4-2-5-9-16)17-10-6-3-7-11-17;2*18-17(19)15-9-14-10-5-1-3-7-12(10)16(15)13-8-4-2-6-11(13)14/h4-14H,1-3H3;2-15H,1H3;2*1-8,14-16H,9H2,(H,18,19)/q2*+1;;/p-2. The largest absolute Gasteiger partial charge is 0.550 e. The number of aryl methyl sites for hydroxylation is 1. The van der Waals surface area contributed by atoms with Gasteiger partial charge in [0.1, 0.15) is 0 Å². The summed E-state index contributed by atoms with van der Waals surface area (Å²) in [6.07, 6.45) is 0.0864. The number of sulfone groups is 3. The van der Waals surface area contributed by atoms with Crippen LogP contribution in [0.2, 0.25) is 0 Å². The number of aliphatic carboxylic acids is 2. The zero-order valence-electron chi connectivity index (χ0n) is 50.8. The van der Waals surface area contributed by atoms with Crippen LogP contribution in [0.3, 0.4) is 0 Å². The van der Waals surface area contributed by atoms with Crippen molar-refractivity contribution in [3.8, 4) is 0 Å². The molecule has 93 heavy (non-hydrogen) atoms. The van der Waals surface area contributed by atoms with Crippen molar-refractivity contribution < 1.29 is 58.2 Å². The molecule has 6 aliphatic carbocycles. The second kappa shape index (κ2) is 26.8. The fourth-order valence-corrected chi connectivity index (χ4v) is 19.7. The van der Waals surface area contributed by atoms with Crippen molar-refractivity contribution in [2.45, 2.75) is 93.7 Å². The van der Waals surface area contributed by atoms with Crippen molar-refractivity contribution in [2.24, 2.45) is 11.8 Å². The van der Waals surface area contributed by atoms with E-state index in [0.29, 0.717) is 38.0 Å². The Morgan fingerprint density at radius 1 is 0.366 bits per heavy atom. The van der Waals surface area contributed by atoms with E-state index in [0.717, 1.165) is 29.5 Å². The van der Waals surface area contributed by atoms with E-state index in [2.05, 4.69) is 72.8 Å². The molecule has 0 saturated carbocycles. The Morgan fingerprint density at radius 2 is 0.677 bits per heavy atom. The third-order valence-corrected chi connectivity index (χ3v) is 25.0. The summed E-state index contributed by atoms with van der Waals surface area (Å²) in [5, 5.41) is 22.9. The minimum atomic E-state index is -4.57. The van der Waals surface area contributed by atoms with E-state index in [4.69, 9.17) is 0 Å². The average Bonchev–Trinajstić information content (AvgIpc) is 0.731. The molecule has 10 aromatic carbocycles. The number of halogens is 3. The van der Waals surface area contributed by atoms with Crippen molar-refractivity contribution in [3.05, 3.63) is 304 Å². The molecule has 0 amide bonds. The normalized spacial score (nSPS) is 18.2. The van der Waals surface area contributed by atoms with Crippen LogP contribution in [0, 0.1) is 18.8 Å². The second-order valence-electron chi connectivity index (χ2n) is 23.4. The molecule has 2 unspecified atom stereocenters. The van der Waals surface area contributed by atoms with Crippen molar-refractivity contribution in [1.82, 2.24) is 0 Å². The highest BCUT2D eigenvalue weighted by Crippen LogP contribution is 2.56. The summed E-state index contributed by atoms with van der Waals surface area (Å²) in [5.74, 6) is -2.28. The highest BCUT2D eigenvalue weighted by molar-refractivity contribution is 7.97. The van der Waals surface area contributed by atoms with E-state index in [9.17, 15) is 58.2 Å². The minimum absolute atomic E-state index is 0.0236. The topological polar surface area (TPSA) is 183 Å². The van der Waals surface area contributed by atoms with Crippen LogP contribution in [0.15, 0.2) is 293 Å². The van der Waals surface area contributed by atoms with Crippen LogP contribution in [0.25, 0.3) is 0 Å². The van der Waals surface area contributed by atoms with E-state index < -0.39 is 75.9 Å². The number of rotatable bonds is 11. The summed E-state index contributed by atoms with van der Waals surface area (Å²) in [4.78, 5) is 28.1. The first-order valence-corrected chi connectivity index (χ1v) is 37.8. The molecule has 0 fully saturated rings. The number of alkyl halides is 3. The van der Waals surface area contributed by atoms with Crippen LogP contribution in [0.1, 0.15) is 92.1 Å². The predicted molar refractivity (Wildman–Crippen MR) is 351 cm³/mol. The van der Waals surface area contributed by atoms with Gasteiger partial charge < -0.3 is 19.8 Å². The van der Waals surface area contributed by atoms with Gasteiger partial charge in [-0.25, -0.2) is 25.3 Å². The fraction of sp³-hybridized carbons (Fsp3) is 0.173. The summed E-state index contributed by atoms with van der Waals surface area (Å²) in [6.45, 7) is 1.54. The van der Waals surface area contributed by atoms with Crippen LogP contribution in [0.4, 0.5) is 13.2 Å². The lowest BCUT2D eigenvalue weighted by Gasteiger charge is -2.45. The molecule has 0 N–H and O–H groups in total. The predicted octanol–water partition coefficient (Wildman–Crippen LogP) is 13.2. The Morgan fingerprint density at radius 3 is 1.01 bits per heavy atom. The summed E-state index contributed by atoms with van der Waals surface area (Å²) >= 11 is 0. The van der Waals surface area contributed by atoms with Gasteiger partial charge in [0.15, 0.2) is 58.9 Å². The van der Waals surface area contributed by atoms with Gasteiger partial charge >= 0.3 is 6.18 Å². The second-order valence-corrected chi connectivity index (χ2v) is 33.5. The van der Waals surface area contributed by atoms with E-state index in [1.807, 2.05) is 97.1 Å². The van der Waals surface area contributed by atoms with Crippen molar-refractivity contribution in [2.75, 3.05) is 18.8 Å². The molecule has 6 aliphatic rings. The summed E-state index contributed by atoms with van der Waals surface area (Å²) in [6, 6.07) is 76.3. The van der Waals surface area contributed by atoms with Gasteiger partial charge in [-0.3, -0.25) is 0 Å². The van der Waals surface area contributed by atoms with Gasteiger partial charge in [-0.2, -0.15) is 13.2 Å². The lowest BCUT2D eigenvalue weighted by atomic mass is 9.59. The number of carbonyl (C=O) groups is 2. The number of hydrogen-bond acceptors (Lipinski definition) is 10. The van der Waals surface area contributed by atoms with Crippen LogP contribution >= 0.6 is 0 Å². The van der Waals surface area contributed by atoms with Gasteiger partial charge in [0.2, 0.25) is 0 Å². The van der Waals surface area contributed by atoms with Crippen LogP contribution in [0.5, 0.6) is 0 Å². The molecule has 0 heterocycles. The first-order chi connectivity index (χ1) is 44.3. The maximum Gasteiger partial charge on any atom is 0.416 e. The average molecular weight is 1340 g/mol. The molecule has 16 rings (SSSR count). The number of carboxylic acid groups (broad SMARTS) is 2. The lowest BCUT2D eigenvalue weighted by molar-refractivity contribution is -0.314. The molecule has 0 radical (unpaired) electrons. The molecule has 2 atom stereocenters. The molecule has 10 nitrogen and oxygen atoms in total. The number of fused-ring (bicyclic) bond motifs is 2. The van der Waals surface area contributed by atoms with E-state index in [-0.39, 0.29) is 44.4 Å². The summed E-state index contributed by atoms with van der Waals surface area (Å²) < 4.78 is 112. The summed E-state index contributed by atoms with van der Waals surface area (Å²) in [7, 11) is -11.7. The number of hydrogen-bond donors (Lipinski definition) is 0. The van der Waals surface area contributed by atoms with Gasteiger partial charge in [0.25, 0.3) is 0 Å². The quantitative estimate of drug-likeness (QED) is 0.113. The first kappa shape index (κ1) is 66.0. The number of carbonyl (C=O) groups excluding carboxylic acids is 2. The SMILES string of the molecule is CS(=O)(=O)c1ccc([S+](c2ccccc2)c2ccccc2)cc1.Cc1cc([S+](c2cccc(S(C)(=O)=O)c2)c2cccc(S(C)(=O)=O)c2)cc(C(F)(F)F)c1.O=C([O-])C1CC2c3ccccc3C1c1ccccc12.O=C([O-])C1CC2c3ccccc3C1c1ccccc12. The van der Waals surface area contributed by atoms with E-state index >= 15 is 0 Å². The minimum Gasteiger partial charge on any atom is -0.550 e. The van der Waals surface area contributed by atoms with Crippen LogP contribution < -0.4 is 10.2 Å². The molecule has 10 aromatic rings. The molecule has 0 aliphatic heterocycles. The molecule has 0 spiro atoms. The highest BCUT2D eigenvalue weighted by Gasteiger charge is 2.45. The molecule has 4 bridgehead atoms. The monoisotopic (exact) mass is 1340 g/mol. The van der Waals surface area contributed by atoms with Gasteiger partial charge in [-0.05, 0) is 155 Å². The Labute approximate surface area is 546 Å². The Kier molecular flexibility index (Phi) is 19.0. The van der Waals surface area contributed by atoms with Crippen molar-refractivity contribution >= 4 is 63.2 Å². The Hall–Kier alpha value is -8.52. The highest BCUT2D eigenvalue weighted by atomic mass is 32.2. The molecular weight excluding hydrogens is 1280 g/mol. The number of benzene rings is 10. The molecule has 0 aromatic heterocycles. The first-order valence-electron chi connectivity index (χ1n) is 29.7. The fourth-order valence-electron chi connectivity index (χ4n) is 13.2. The third kappa shape index (κ3) is 14.2. The van der Waals surface area contributed by atoms with Crippen LogP contribution in [-0.2, 0) is 67.1 Å². The van der Waals surface area contributed by atoms with Crippen molar-refractivity contribution in [3.63, 3.8) is 0 Å². The Balaban J connectivity index is 0.000000130. The maximum atomic E-state index is 13.5. The van der Waals surface area contributed by atoms with Gasteiger partial charge in [-0.1, -0.05) is 146 Å². The van der Waals surface area contributed by atoms with Gasteiger partial charge in [-0.15, -0.1) is 0 Å². The van der Waals surface area contributed by atoms with E-state index in [1.54, 1.807) is 37.3 Å². The molecular formula is C75H63F3O10S5. The van der Waals surface area contributed by atoms with Crippen molar-refractivity contribution in [1.29, 1.82) is 0 Å². The smallest absolute Gasteiger partial charge is 0.416 e. The number of carboxylic acids is 2. The summed E-state index contributed by atoms with van der Waals surface area (Å²) in [5.41, 5.74) is 9.42. The Bertz CT molecular complexity index is 4470. The lowest BCUT2D eigenvalue weighted by Crippen LogP contribution is -2.42. The maximum absolute atomic E-state index is 13.5. The third-order valence-electron chi connectivity index (χ3n) is 17.2. The molecule has 0 saturated heterocycles. The van der Waals surface area contributed by atoms with Crippen LogP contribution in [-0.4, -0.2) is 56.0 Å². The van der Waals surface area contributed by atoms with Gasteiger partial charge in [0.05, 0.1) is 42.0 Å². The molecule has 474 valence electrons. The van der Waals surface area contributed by atoms with E-state index in [1.165, 1.54) is 97.0 Å². The zero-order valence-corrected chi connectivity index (χ0v) is 54.9. The zero-order chi connectivity index (χ0) is 66.1. The molecule has 18 heteroatoms. The van der Waals surface area contributed by atoms with Gasteiger partial charge in [0, 0.05) is 84.4 Å².